The zero-order chi connectivity index (χ0) is 21.0. The van der Waals surface area contributed by atoms with Crippen molar-refractivity contribution in [3.8, 4) is 23.1 Å². The highest BCUT2D eigenvalue weighted by Crippen LogP contribution is 2.38. The summed E-state index contributed by atoms with van der Waals surface area (Å²) in [6.07, 6.45) is 0.577. The molecule has 156 valence electrons. The fourth-order valence-corrected chi connectivity index (χ4v) is 3.18. The van der Waals surface area contributed by atoms with Gasteiger partial charge in [0.1, 0.15) is 6.10 Å². The topological polar surface area (TPSA) is 86.2 Å². The minimum Gasteiger partial charge on any atom is -0.493 e. The van der Waals surface area contributed by atoms with Gasteiger partial charge in [-0.1, -0.05) is 0 Å². The molecule has 2 heterocycles. The standard InChI is InChI=1S/C20H26N4O5/c1-23(2)17-6-7-18(22-21-17)29-14-8-9-24(12-14)20(25)13-10-15(26-3)19(28-5)16(11-13)27-4/h6-7,10-11,14H,8-9,12H2,1-5H3. The number of methoxy groups -OCH3 is 3. The summed E-state index contributed by atoms with van der Waals surface area (Å²) in [6, 6.07) is 6.94. The largest absolute Gasteiger partial charge is 0.493 e. The lowest BCUT2D eigenvalue weighted by atomic mass is 10.1. The van der Waals surface area contributed by atoms with Crippen molar-refractivity contribution in [3.63, 3.8) is 0 Å². The van der Waals surface area contributed by atoms with Gasteiger partial charge in [-0.2, -0.15) is 0 Å². The van der Waals surface area contributed by atoms with Gasteiger partial charge in [-0.3, -0.25) is 4.79 Å². The number of ether oxygens (including phenoxy) is 4. The van der Waals surface area contributed by atoms with Crippen LogP contribution in [0.5, 0.6) is 23.1 Å². The number of aromatic nitrogens is 2. The van der Waals surface area contributed by atoms with E-state index in [1.54, 1.807) is 23.1 Å². The first-order valence-electron chi connectivity index (χ1n) is 9.23. The van der Waals surface area contributed by atoms with E-state index in [4.69, 9.17) is 18.9 Å². The Kier molecular flexibility index (Phi) is 6.26. The molecule has 29 heavy (non-hydrogen) atoms. The smallest absolute Gasteiger partial charge is 0.254 e. The highest BCUT2D eigenvalue weighted by Gasteiger charge is 2.30. The minimum absolute atomic E-state index is 0.121. The van der Waals surface area contributed by atoms with E-state index in [2.05, 4.69) is 10.2 Å². The minimum atomic E-state index is -0.138. The van der Waals surface area contributed by atoms with Crippen LogP contribution in [-0.2, 0) is 0 Å². The third-order valence-electron chi connectivity index (χ3n) is 4.72. The Morgan fingerprint density at radius 2 is 1.76 bits per heavy atom. The molecule has 1 fully saturated rings. The summed E-state index contributed by atoms with van der Waals surface area (Å²) in [7, 11) is 8.36. The quantitative estimate of drug-likeness (QED) is 0.694. The highest BCUT2D eigenvalue weighted by molar-refractivity contribution is 5.95. The van der Waals surface area contributed by atoms with Crippen LogP contribution in [-0.4, -0.2) is 75.6 Å². The monoisotopic (exact) mass is 402 g/mol. The molecule has 3 rings (SSSR count). The molecule has 1 atom stereocenters. The molecular weight excluding hydrogens is 376 g/mol. The maximum Gasteiger partial charge on any atom is 0.254 e. The fourth-order valence-electron chi connectivity index (χ4n) is 3.18. The Labute approximate surface area is 170 Å². The van der Waals surface area contributed by atoms with E-state index in [9.17, 15) is 4.79 Å². The molecule has 0 saturated carbocycles. The van der Waals surface area contributed by atoms with Crippen LogP contribution < -0.4 is 23.8 Å². The Hall–Kier alpha value is -3.23. The number of likely N-dealkylation sites (tertiary alicyclic amines) is 1. The molecular formula is C20H26N4O5. The zero-order valence-corrected chi connectivity index (χ0v) is 17.3. The first kappa shape index (κ1) is 20.5. The van der Waals surface area contributed by atoms with Crippen LogP contribution in [0.1, 0.15) is 16.8 Å². The van der Waals surface area contributed by atoms with E-state index >= 15 is 0 Å². The summed E-state index contributed by atoms with van der Waals surface area (Å²) in [4.78, 5) is 16.6. The highest BCUT2D eigenvalue weighted by atomic mass is 16.5. The average molecular weight is 402 g/mol. The summed E-state index contributed by atoms with van der Waals surface area (Å²) < 4.78 is 21.9. The van der Waals surface area contributed by atoms with Gasteiger partial charge in [0.15, 0.2) is 17.3 Å². The van der Waals surface area contributed by atoms with Gasteiger partial charge < -0.3 is 28.7 Å². The molecule has 1 saturated heterocycles. The Bertz CT molecular complexity index is 831. The molecule has 2 aromatic rings. The molecule has 1 aromatic heterocycles. The predicted octanol–water partition coefficient (Wildman–Crippen LogP) is 1.86. The van der Waals surface area contributed by atoms with Crippen LogP contribution in [0.2, 0.25) is 0 Å². The molecule has 1 aliphatic heterocycles. The Morgan fingerprint density at radius 3 is 2.28 bits per heavy atom. The van der Waals surface area contributed by atoms with E-state index in [0.29, 0.717) is 48.2 Å². The number of rotatable bonds is 7. The number of hydrogen-bond donors (Lipinski definition) is 0. The van der Waals surface area contributed by atoms with Crippen molar-refractivity contribution in [1.82, 2.24) is 15.1 Å². The molecule has 1 aromatic carbocycles. The van der Waals surface area contributed by atoms with E-state index in [1.807, 2.05) is 25.1 Å². The van der Waals surface area contributed by atoms with Crippen LogP contribution in [0.3, 0.4) is 0 Å². The number of carbonyl (C=O) groups excluding carboxylic acids is 1. The number of nitrogens with zero attached hydrogens (tertiary/aromatic N) is 4. The van der Waals surface area contributed by atoms with Crippen LogP contribution in [0, 0.1) is 0 Å². The summed E-state index contributed by atoms with van der Waals surface area (Å²) in [5, 5.41) is 8.20. The Balaban J connectivity index is 1.69. The second-order valence-corrected chi connectivity index (χ2v) is 6.82. The summed E-state index contributed by atoms with van der Waals surface area (Å²) in [5.41, 5.74) is 0.468. The van der Waals surface area contributed by atoms with Crippen molar-refractivity contribution < 1.29 is 23.7 Å². The van der Waals surface area contributed by atoms with E-state index in [-0.39, 0.29) is 12.0 Å². The summed E-state index contributed by atoms with van der Waals surface area (Å²) in [5.74, 6) is 2.42. The number of hydrogen-bond acceptors (Lipinski definition) is 8. The summed E-state index contributed by atoms with van der Waals surface area (Å²) >= 11 is 0. The van der Waals surface area contributed by atoms with Crippen molar-refractivity contribution in [2.24, 2.45) is 0 Å². The maximum atomic E-state index is 13.0. The first-order valence-corrected chi connectivity index (χ1v) is 9.23. The van der Waals surface area contributed by atoms with Crippen LogP contribution >= 0.6 is 0 Å². The third kappa shape index (κ3) is 4.44. The van der Waals surface area contributed by atoms with Crippen LogP contribution in [0.4, 0.5) is 5.82 Å². The van der Waals surface area contributed by atoms with Gasteiger partial charge in [-0.15, -0.1) is 10.2 Å². The van der Waals surface area contributed by atoms with Gasteiger partial charge in [0, 0.05) is 38.7 Å². The third-order valence-corrected chi connectivity index (χ3v) is 4.72. The number of carbonyl (C=O) groups is 1. The Morgan fingerprint density at radius 1 is 1.07 bits per heavy atom. The second kappa shape index (κ2) is 8.85. The molecule has 1 aliphatic rings. The number of amides is 1. The van der Waals surface area contributed by atoms with E-state index in [1.165, 1.54) is 21.3 Å². The number of benzene rings is 1. The molecule has 9 heteroatoms. The maximum absolute atomic E-state index is 13.0. The predicted molar refractivity (Wildman–Crippen MR) is 107 cm³/mol. The van der Waals surface area contributed by atoms with Crippen molar-refractivity contribution >= 4 is 11.7 Å². The molecule has 0 spiro atoms. The molecule has 0 bridgehead atoms. The first-order chi connectivity index (χ1) is 14.0. The molecule has 1 amide bonds. The van der Waals surface area contributed by atoms with Gasteiger partial charge >= 0.3 is 0 Å². The van der Waals surface area contributed by atoms with Gasteiger partial charge in [0.25, 0.3) is 5.91 Å². The normalized spacial score (nSPS) is 15.8. The van der Waals surface area contributed by atoms with Gasteiger partial charge in [0.05, 0.1) is 27.9 Å². The van der Waals surface area contributed by atoms with Crippen molar-refractivity contribution in [1.29, 1.82) is 0 Å². The molecule has 1 unspecified atom stereocenters. The summed E-state index contributed by atoms with van der Waals surface area (Å²) in [6.45, 7) is 1.05. The molecule has 0 N–H and O–H groups in total. The fraction of sp³-hybridized carbons (Fsp3) is 0.450. The van der Waals surface area contributed by atoms with Gasteiger partial charge in [-0.25, -0.2) is 0 Å². The lowest BCUT2D eigenvalue weighted by Gasteiger charge is -2.19. The molecule has 0 aliphatic carbocycles. The van der Waals surface area contributed by atoms with Crippen molar-refractivity contribution in [2.45, 2.75) is 12.5 Å². The van der Waals surface area contributed by atoms with Crippen molar-refractivity contribution in [3.05, 3.63) is 29.8 Å². The average Bonchev–Trinajstić information content (AvgIpc) is 3.20. The lowest BCUT2D eigenvalue weighted by Crippen LogP contribution is -2.31. The van der Waals surface area contributed by atoms with E-state index in [0.717, 1.165) is 5.82 Å². The van der Waals surface area contributed by atoms with Crippen molar-refractivity contribution in [2.75, 3.05) is 53.4 Å². The van der Waals surface area contributed by atoms with Gasteiger partial charge in [-0.05, 0) is 18.2 Å². The number of anilines is 1. The van der Waals surface area contributed by atoms with Gasteiger partial charge in [0.2, 0.25) is 11.6 Å². The van der Waals surface area contributed by atoms with Crippen LogP contribution in [0.25, 0.3) is 0 Å². The zero-order valence-electron chi connectivity index (χ0n) is 17.3. The van der Waals surface area contributed by atoms with E-state index < -0.39 is 0 Å². The second-order valence-electron chi connectivity index (χ2n) is 6.82. The SMILES string of the molecule is COc1cc(C(=O)N2CCC(Oc3ccc(N(C)C)nn3)C2)cc(OC)c1OC. The molecule has 9 nitrogen and oxygen atoms in total. The van der Waals surface area contributed by atoms with Crippen LogP contribution in [0.15, 0.2) is 24.3 Å². The molecule has 0 radical (unpaired) electrons. The lowest BCUT2D eigenvalue weighted by molar-refractivity contribution is 0.0770.